The van der Waals surface area contributed by atoms with Gasteiger partial charge in [-0.25, -0.2) is 0 Å². The van der Waals surface area contributed by atoms with Crippen molar-refractivity contribution in [1.29, 1.82) is 0 Å². The monoisotopic (exact) mass is 154 g/mol. The number of hydrogen-bond acceptors (Lipinski definition) is 0. The highest BCUT2D eigenvalue weighted by molar-refractivity contribution is 5.11. The normalized spacial score (nSPS) is 21.4. The van der Waals surface area contributed by atoms with Crippen LogP contribution in [0.5, 0.6) is 0 Å². The minimum Gasteiger partial charge on any atom is -0.0851 e. The number of allylic oxidation sites excluding steroid dienone is 2. The molecule has 0 spiro atoms. The van der Waals surface area contributed by atoms with Crippen LogP contribution in [0.25, 0.3) is 0 Å². The van der Waals surface area contributed by atoms with Crippen molar-refractivity contribution in [3.05, 3.63) is 11.6 Å². The summed E-state index contributed by atoms with van der Waals surface area (Å²) in [7, 11) is 0. The maximum Gasteiger partial charge on any atom is -0.0147 e. The maximum atomic E-state index is 2.38. The Bertz CT molecular complexity index is 129. The standard InChI is InChI=1S/C9H16.C2H6/c1-8-6-4-5-7-9(8,2)3;1-2/h6H,4-5,7H2,1-3H3;1-2H3. The zero-order chi connectivity index (χ0) is 8.91. The van der Waals surface area contributed by atoms with E-state index in [1.165, 1.54) is 19.3 Å². The average Bonchev–Trinajstić information content (AvgIpc) is 2.00. The number of hydrogen-bond donors (Lipinski definition) is 0. The lowest BCUT2D eigenvalue weighted by Gasteiger charge is -2.29. The third-order valence-corrected chi connectivity index (χ3v) is 2.52. The number of rotatable bonds is 0. The van der Waals surface area contributed by atoms with Crippen molar-refractivity contribution < 1.29 is 0 Å². The molecule has 1 aliphatic rings. The molecular formula is C11H22. The zero-order valence-corrected chi connectivity index (χ0v) is 8.70. The Morgan fingerprint density at radius 1 is 1.27 bits per heavy atom. The van der Waals surface area contributed by atoms with E-state index < -0.39 is 0 Å². The Labute approximate surface area is 71.7 Å². The second kappa shape index (κ2) is 4.58. The molecule has 0 nitrogen and oxygen atoms in total. The van der Waals surface area contributed by atoms with Crippen molar-refractivity contribution in [2.24, 2.45) is 5.41 Å². The lowest BCUT2D eigenvalue weighted by atomic mass is 9.77. The molecule has 0 amide bonds. The van der Waals surface area contributed by atoms with Crippen LogP contribution in [0.4, 0.5) is 0 Å². The van der Waals surface area contributed by atoms with Crippen LogP contribution in [0.1, 0.15) is 53.9 Å². The van der Waals surface area contributed by atoms with Crippen LogP contribution in [0.3, 0.4) is 0 Å². The molecule has 1 rings (SSSR count). The fourth-order valence-corrected chi connectivity index (χ4v) is 1.34. The van der Waals surface area contributed by atoms with E-state index in [2.05, 4.69) is 26.8 Å². The summed E-state index contributed by atoms with van der Waals surface area (Å²) < 4.78 is 0. The smallest absolute Gasteiger partial charge is 0.0147 e. The molecule has 0 fully saturated rings. The molecule has 0 bridgehead atoms. The Morgan fingerprint density at radius 3 is 2.09 bits per heavy atom. The molecule has 0 N–H and O–H groups in total. The Balaban J connectivity index is 0.000000461. The van der Waals surface area contributed by atoms with E-state index in [1.54, 1.807) is 5.57 Å². The first kappa shape index (κ1) is 10.7. The van der Waals surface area contributed by atoms with Crippen molar-refractivity contribution in [1.82, 2.24) is 0 Å². The van der Waals surface area contributed by atoms with Crippen LogP contribution < -0.4 is 0 Å². The molecule has 0 radical (unpaired) electrons. The quantitative estimate of drug-likeness (QED) is 0.459. The molecule has 0 heterocycles. The van der Waals surface area contributed by atoms with Crippen molar-refractivity contribution in [2.45, 2.75) is 53.9 Å². The SMILES string of the molecule is CC.CC1=CCCCC1(C)C. The third kappa shape index (κ3) is 3.09. The maximum absolute atomic E-state index is 2.38. The van der Waals surface area contributed by atoms with E-state index in [1.807, 2.05) is 13.8 Å². The van der Waals surface area contributed by atoms with Gasteiger partial charge in [0.25, 0.3) is 0 Å². The van der Waals surface area contributed by atoms with E-state index in [-0.39, 0.29) is 0 Å². The zero-order valence-electron chi connectivity index (χ0n) is 8.70. The van der Waals surface area contributed by atoms with E-state index in [9.17, 15) is 0 Å². The van der Waals surface area contributed by atoms with Crippen molar-refractivity contribution in [2.75, 3.05) is 0 Å². The molecule has 11 heavy (non-hydrogen) atoms. The molecule has 0 heteroatoms. The van der Waals surface area contributed by atoms with Crippen LogP contribution in [0.15, 0.2) is 11.6 Å². The van der Waals surface area contributed by atoms with E-state index >= 15 is 0 Å². The molecule has 0 atom stereocenters. The summed E-state index contributed by atoms with van der Waals surface area (Å²) in [5.74, 6) is 0. The summed E-state index contributed by atoms with van der Waals surface area (Å²) in [5.41, 5.74) is 2.08. The summed E-state index contributed by atoms with van der Waals surface area (Å²) in [5, 5.41) is 0. The van der Waals surface area contributed by atoms with E-state index in [4.69, 9.17) is 0 Å². The van der Waals surface area contributed by atoms with Crippen molar-refractivity contribution in [3.8, 4) is 0 Å². The summed E-state index contributed by atoms with van der Waals surface area (Å²) >= 11 is 0. The second-order valence-corrected chi connectivity index (χ2v) is 3.66. The molecule has 0 unspecified atom stereocenters. The molecule has 1 aliphatic carbocycles. The van der Waals surface area contributed by atoms with Gasteiger partial charge in [0.2, 0.25) is 0 Å². The Hall–Kier alpha value is -0.260. The predicted molar refractivity (Wildman–Crippen MR) is 52.7 cm³/mol. The molecule has 66 valence electrons. The molecule has 0 aromatic carbocycles. The second-order valence-electron chi connectivity index (χ2n) is 3.66. The van der Waals surface area contributed by atoms with Crippen molar-refractivity contribution >= 4 is 0 Å². The largest absolute Gasteiger partial charge is 0.0851 e. The summed E-state index contributed by atoms with van der Waals surface area (Å²) in [6, 6.07) is 0. The van der Waals surface area contributed by atoms with Gasteiger partial charge in [-0.1, -0.05) is 39.3 Å². The Kier molecular flexibility index (Phi) is 4.48. The fourth-order valence-electron chi connectivity index (χ4n) is 1.34. The molecule has 0 aliphatic heterocycles. The summed E-state index contributed by atoms with van der Waals surface area (Å²) in [4.78, 5) is 0. The first-order valence-electron chi connectivity index (χ1n) is 4.80. The fraction of sp³-hybridized carbons (Fsp3) is 0.818. The highest BCUT2D eigenvalue weighted by Gasteiger charge is 2.21. The van der Waals surface area contributed by atoms with Gasteiger partial charge < -0.3 is 0 Å². The Morgan fingerprint density at radius 2 is 1.82 bits per heavy atom. The minimum absolute atomic E-state index is 0.498. The topological polar surface area (TPSA) is 0 Å². The van der Waals surface area contributed by atoms with Crippen LogP contribution >= 0.6 is 0 Å². The van der Waals surface area contributed by atoms with Gasteiger partial charge in [-0.3, -0.25) is 0 Å². The van der Waals surface area contributed by atoms with Crippen LogP contribution in [-0.2, 0) is 0 Å². The van der Waals surface area contributed by atoms with Crippen LogP contribution in [0.2, 0.25) is 0 Å². The summed E-state index contributed by atoms with van der Waals surface area (Å²) in [6.45, 7) is 10.9. The van der Waals surface area contributed by atoms with E-state index in [0.29, 0.717) is 5.41 Å². The van der Waals surface area contributed by atoms with E-state index in [0.717, 1.165) is 0 Å². The van der Waals surface area contributed by atoms with Gasteiger partial charge in [-0.05, 0) is 31.6 Å². The van der Waals surface area contributed by atoms with Gasteiger partial charge in [-0.2, -0.15) is 0 Å². The highest BCUT2D eigenvalue weighted by Crippen LogP contribution is 2.35. The first-order chi connectivity index (χ1) is 5.13. The van der Waals surface area contributed by atoms with Gasteiger partial charge in [0.15, 0.2) is 0 Å². The van der Waals surface area contributed by atoms with Crippen LogP contribution in [-0.4, -0.2) is 0 Å². The van der Waals surface area contributed by atoms with Gasteiger partial charge in [-0.15, -0.1) is 0 Å². The average molecular weight is 154 g/mol. The summed E-state index contributed by atoms with van der Waals surface area (Å²) in [6.07, 6.45) is 6.43. The molecule has 0 aromatic rings. The molecule has 0 aromatic heterocycles. The predicted octanol–water partition coefficient (Wildman–Crippen LogP) is 4.17. The highest BCUT2D eigenvalue weighted by atomic mass is 14.3. The van der Waals surface area contributed by atoms with Crippen molar-refractivity contribution in [3.63, 3.8) is 0 Å². The molecular weight excluding hydrogens is 132 g/mol. The van der Waals surface area contributed by atoms with Gasteiger partial charge in [0.05, 0.1) is 0 Å². The molecule has 0 saturated carbocycles. The van der Waals surface area contributed by atoms with Gasteiger partial charge >= 0.3 is 0 Å². The third-order valence-electron chi connectivity index (χ3n) is 2.52. The van der Waals surface area contributed by atoms with Gasteiger partial charge in [0.1, 0.15) is 0 Å². The van der Waals surface area contributed by atoms with Gasteiger partial charge in [0, 0.05) is 0 Å². The minimum atomic E-state index is 0.498. The van der Waals surface area contributed by atoms with Crippen LogP contribution in [0, 0.1) is 5.41 Å². The lowest BCUT2D eigenvalue weighted by molar-refractivity contribution is 0.376. The first-order valence-corrected chi connectivity index (χ1v) is 4.80. The molecule has 0 saturated heterocycles. The lowest BCUT2D eigenvalue weighted by Crippen LogP contribution is -2.15.